The van der Waals surface area contributed by atoms with Crippen LogP contribution >= 0.6 is 0 Å². The Morgan fingerprint density at radius 1 is 1.30 bits per heavy atom. The third-order valence-electron chi connectivity index (χ3n) is 4.59. The molecule has 6 nitrogen and oxygen atoms in total. The topological polar surface area (TPSA) is 82.3 Å². The summed E-state index contributed by atoms with van der Waals surface area (Å²) < 4.78 is 37.9. The minimum atomic E-state index is -5.02. The molecule has 27 heavy (non-hydrogen) atoms. The van der Waals surface area contributed by atoms with E-state index in [0.29, 0.717) is 16.8 Å². The predicted octanol–water partition coefficient (Wildman–Crippen LogP) is 2.01. The molecule has 1 unspecified atom stereocenters. The molecule has 1 aliphatic rings. The normalized spacial score (nSPS) is 17.3. The second kappa shape index (κ2) is 7.05. The van der Waals surface area contributed by atoms with E-state index in [-0.39, 0.29) is 30.6 Å². The number of rotatable bonds is 3. The number of alkyl halides is 3. The van der Waals surface area contributed by atoms with Crippen LogP contribution < -0.4 is 10.9 Å². The molecule has 0 spiro atoms. The lowest BCUT2D eigenvalue weighted by atomic mass is 10.1. The van der Waals surface area contributed by atoms with Crippen molar-refractivity contribution in [2.45, 2.75) is 38.5 Å². The molecule has 2 N–H and O–H groups in total. The summed E-state index contributed by atoms with van der Waals surface area (Å²) in [7, 11) is 0. The summed E-state index contributed by atoms with van der Waals surface area (Å²) in [5.41, 5.74) is 1.54. The summed E-state index contributed by atoms with van der Waals surface area (Å²) in [4.78, 5) is 39.2. The van der Waals surface area contributed by atoms with Gasteiger partial charge in [0.2, 0.25) is 5.91 Å². The minimum absolute atomic E-state index is 0.119. The van der Waals surface area contributed by atoms with Gasteiger partial charge in [-0.15, -0.1) is 0 Å². The van der Waals surface area contributed by atoms with Gasteiger partial charge in [0.1, 0.15) is 6.04 Å². The highest BCUT2D eigenvalue weighted by Gasteiger charge is 2.47. The monoisotopic (exact) mass is 381 g/mol. The molecule has 0 aliphatic carbocycles. The number of benzene rings is 1. The summed E-state index contributed by atoms with van der Waals surface area (Å²) >= 11 is 0. The Bertz CT molecular complexity index is 952. The molecule has 1 fully saturated rings. The lowest BCUT2D eigenvalue weighted by Gasteiger charge is -2.24. The number of aromatic amines is 1. The van der Waals surface area contributed by atoms with Gasteiger partial charge in [-0.1, -0.05) is 12.1 Å². The van der Waals surface area contributed by atoms with Gasteiger partial charge in [0.25, 0.3) is 5.56 Å². The second-order valence-electron chi connectivity index (χ2n) is 6.59. The first-order valence-corrected chi connectivity index (χ1v) is 8.45. The molecular formula is C18H18F3N3O3. The molecule has 1 aliphatic heterocycles. The van der Waals surface area contributed by atoms with E-state index in [2.05, 4.69) is 10.3 Å². The Morgan fingerprint density at radius 3 is 2.74 bits per heavy atom. The van der Waals surface area contributed by atoms with Gasteiger partial charge in [-0.2, -0.15) is 13.2 Å². The van der Waals surface area contributed by atoms with E-state index in [0.717, 1.165) is 10.9 Å². The van der Waals surface area contributed by atoms with Gasteiger partial charge >= 0.3 is 12.1 Å². The molecule has 0 radical (unpaired) electrons. The van der Waals surface area contributed by atoms with Gasteiger partial charge in [0.05, 0.1) is 0 Å². The highest BCUT2D eigenvalue weighted by atomic mass is 19.4. The molecule has 9 heteroatoms. The van der Waals surface area contributed by atoms with Crippen LogP contribution in [-0.2, 0) is 16.1 Å². The average Bonchev–Trinajstić information content (AvgIpc) is 3.07. The fourth-order valence-corrected chi connectivity index (χ4v) is 3.24. The van der Waals surface area contributed by atoms with Crippen molar-refractivity contribution in [3.05, 3.63) is 45.7 Å². The third-order valence-corrected chi connectivity index (χ3v) is 4.59. The smallest absolute Gasteiger partial charge is 0.350 e. The molecule has 2 heterocycles. The first-order valence-electron chi connectivity index (χ1n) is 8.45. The van der Waals surface area contributed by atoms with Gasteiger partial charge in [-0.05, 0) is 42.8 Å². The number of likely N-dealkylation sites (tertiary alicyclic amines) is 1. The number of hydrogen-bond acceptors (Lipinski definition) is 3. The maximum Gasteiger partial charge on any atom is 0.471 e. The van der Waals surface area contributed by atoms with Crippen molar-refractivity contribution in [2.24, 2.45) is 0 Å². The maximum absolute atomic E-state index is 12.6. The SMILES string of the molecule is Cc1ccc2cc(CNC(=O)C3CCCN3C(=O)C(F)(F)F)c(=O)[nH]c2c1. The number of halogens is 3. The summed E-state index contributed by atoms with van der Waals surface area (Å²) in [6.07, 6.45) is -4.55. The summed E-state index contributed by atoms with van der Waals surface area (Å²) in [5, 5.41) is 3.25. The van der Waals surface area contributed by atoms with Crippen LogP contribution in [0.25, 0.3) is 10.9 Å². The highest BCUT2D eigenvalue weighted by Crippen LogP contribution is 2.25. The first kappa shape index (κ1) is 18.9. The van der Waals surface area contributed by atoms with Gasteiger partial charge in [0, 0.05) is 24.2 Å². The summed E-state index contributed by atoms with van der Waals surface area (Å²) in [5.74, 6) is -2.72. The number of aromatic nitrogens is 1. The number of carbonyl (C=O) groups is 2. The van der Waals surface area contributed by atoms with E-state index in [4.69, 9.17) is 0 Å². The van der Waals surface area contributed by atoms with Crippen molar-refractivity contribution in [2.75, 3.05) is 6.54 Å². The van der Waals surface area contributed by atoms with Crippen LogP contribution in [0, 0.1) is 6.92 Å². The lowest BCUT2D eigenvalue weighted by molar-refractivity contribution is -0.186. The van der Waals surface area contributed by atoms with E-state index >= 15 is 0 Å². The van der Waals surface area contributed by atoms with Gasteiger partial charge in [-0.25, -0.2) is 0 Å². The van der Waals surface area contributed by atoms with Crippen molar-refractivity contribution in [3.8, 4) is 0 Å². The van der Waals surface area contributed by atoms with Gasteiger partial charge < -0.3 is 15.2 Å². The van der Waals surface area contributed by atoms with E-state index in [1.54, 1.807) is 6.07 Å². The molecule has 1 atom stereocenters. The Balaban J connectivity index is 1.73. The van der Waals surface area contributed by atoms with Gasteiger partial charge in [0.15, 0.2) is 0 Å². The zero-order chi connectivity index (χ0) is 19.8. The van der Waals surface area contributed by atoms with Crippen molar-refractivity contribution in [3.63, 3.8) is 0 Å². The number of fused-ring (bicyclic) bond motifs is 1. The summed E-state index contributed by atoms with van der Waals surface area (Å²) in [6, 6.07) is 5.97. The quantitative estimate of drug-likeness (QED) is 0.853. The van der Waals surface area contributed by atoms with E-state index in [1.165, 1.54) is 0 Å². The average molecular weight is 381 g/mol. The van der Waals surface area contributed by atoms with E-state index < -0.39 is 24.0 Å². The number of carbonyl (C=O) groups excluding carboxylic acids is 2. The number of aryl methyl sites for hydroxylation is 1. The van der Waals surface area contributed by atoms with Crippen LogP contribution in [-0.4, -0.2) is 40.5 Å². The Labute approximate surface area is 152 Å². The minimum Gasteiger partial charge on any atom is -0.350 e. The number of pyridine rings is 1. The molecule has 144 valence electrons. The fourth-order valence-electron chi connectivity index (χ4n) is 3.24. The number of H-pyrrole nitrogens is 1. The Morgan fingerprint density at radius 2 is 2.04 bits per heavy atom. The van der Waals surface area contributed by atoms with Gasteiger partial charge in [-0.3, -0.25) is 14.4 Å². The number of hydrogen-bond donors (Lipinski definition) is 2. The molecule has 2 amide bonds. The van der Waals surface area contributed by atoms with E-state index in [9.17, 15) is 27.6 Å². The van der Waals surface area contributed by atoms with E-state index in [1.807, 2.05) is 25.1 Å². The Hall–Kier alpha value is -2.84. The predicted molar refractivity (Wildman–Crippen MR) is 91.9 cm³/mol. The van der Waals surface area contributed by atoms with Crippen molar-refractivity contribution in [1.82, 2.24) is 15.2 Å². The van der Waals surface area contributed by atoms with Crippen LogP contribution in [0.2, 0.25) is 0 Å². The van der Waals surface area contributed by atoms with Crippen LogP contribution in [0.1, 0.15) is 24.0 Å². The standard InChI is InChI=1S/C18H18F3N3O3/c1-10-4-5-11-8-12(15(25)23-13(11)7-10)9-22-16(26)14-3-2-6-24(14)17(27)18(19,20)21/h4-5,7-8,14H,2-3,6,9H2,1H3,(H,22,26)(H,23,25). The third kappa shape index (κ3) is 3.96. The highest BCUT2D eigenvalue weighted by molar-refractivity contribution is 5.90. The van der Waals surface area contributed by atoms with Crippen LogP contribution in [0.5, 0.6) is 0 Å². The number of nitrogens with zero attached hydrogens (tertiary/aromatic N) is 1. The molecule has 0 bridgehead atoms. The van der Waals surface area contributed by atoms with Crippen molar-refractivity contribution in [1.29, 1.82) is 0 Å². The first-order chi connectivity index (χ1) is 12.7. The molecule has 1 aromatic carbocycles. The van der Waals surface area contributed by atoms with Crippen molar-refractivity contribution >= 4 is 22.7 Å². The Kier molecular flexibility index (Phi) is 4.95. The molecular weight excluding hydrogens is 363 g/mol. The van der Waals surface area contributed by atoms with Crippen LogP contribution in [0.4, 0.5) is 13.2 Å². The second-order valence-corrected chi connectivity index (χ2v) is 6.59. The fraction of sp³-hybridized carbons (Fsp3) is 0.389. The molecule has 2 aromatic rings. The molecule has 0 saturated carbocycles. The molecule has 1 saturated heterocycles. The molecule has 3 rings (SSSR count). The molecule has 1 aromatic heterocycles. The van der Waals surface area contributed by atoms with Crippen molar-refractivity contribution < 1.29 is 22.8 Å². The largest absolute Gasteiger partial charge is 0.471 e. The number of amides is 2. The summed E-state index contributed by atoms with van der Waals surface area (Å²) in [6.45, 7) is 1.64. The van der Waals surface area contributed by atoms with Crippen LogP contribution in [0.15, 0.2) is 29.1 Å². The maximum atomic E-state index is 12.6. The zero-order valence-electron chi connectivity index (χ0n) is 14.5. The zero-order valence-corrected chi connectivity index (χ0v) is 14.5. The number of nitrogens with one attached hydrogen (secondary N) is 2. The lowest BCUT2D eigenvalue weighted by Crippen LogP contribution is -2.50. The van der Waals surface area contributed by atoms with Crippen LogP contribution in [0.3, 0.4) is 0 Å².